The van der Waals surface area contributed by atoms with E-state index >= 15 is 0 Å². The predicted octanol–water partition coefficient (Wildman–Crippen LogP) is 3.52. The lowest BCUT2D eigenvalue weighted by Crippen LogP contribution is -2.31. The Bertz CT molecular complexity index is 1160. The van der Waals surface area contributed by atoms with Gasteiger partial charge in [-0.25, -0.2) is 13.9 Å². The smallest absolute Gasteiger partial charge is 0.272 e. The van der Waals surface area contributed by atoms with Crippen molar-refractivity contribution in [1.29, 1.82) is 0 Å². The van der Waals surface area contributed by atoms with E-state index in [4.69, 9.17) is 0 Å². The Labute approximate surface area is 160 Å². The molecule has 0 spiro atoms. The molecule has 5 nitrogen and oxygen atoms in total. The molecule has 0 radical (unpaired) electrons. The average molecular weight is 383 g/mol. The van der Waals surface area contributed by atoms with E-state index in [0.29, 0.717) is 11.3 Å². The normalized spacial score (nSPS) is 14.1. The molecule has 1 N–H and O–H groups in total. The van der Waals surface area contributed by atoms with Crippen LogP contribution in [0.4, 0.5) is 8.78 Å². The van der Waals surface area contributed by atoms with E-state index in [1.807, 2.05) is 18.2 Å². The maximum absolute atomic E-state index is 13.8. The van der Waals surface area contributed by atoms with Crippen molar-refractivity contribution in [3.63, 3.8) is 0 Å². The van der Waals surface area contributed by atoms with Crippen LogP contribution in [0.25, 0.3) is 10.8 Å². The summed E-state index contributed by atoms with van der Waals surface area (Å²) in [5.41, 5.74) is 2.72. The van der Waals surface area contributed by atoms with Crippen molar-refractivity contribution >= 4 is 16.7 Å². The molecule has 2 aromatic carbocycles. The number of hydrogen-bond acceptors (Lipinski definition) is 3. The molecule has 7 heteroatoms. The third-order valence-electron chi connectivity index (χ3n) is 5.50. The van der Waals surface area contributed by atoms with Crippen LogP contribution in [-0.4, -0.2) is 28.1 Å². The first-order valence-corrected chi connectivity index (χ1v) is 9.13. The third kappa shape index (κ3) is 2.96. The fraction of sp³-hybridized carbons (Fsp3) is 0.286. The summed E-state index contributed by atoms with van der Waals surface area (Å²) in [5.74, 6) is -2.38. The first-order chi connectivity index (χ1) is 13.4. The van der Waals surface area contributed by atoms with Crippen LogP contribution in [0.2, 0.25) is 0 Å². The molecule has 0 aliphatic heterocycles. The van der Waals surface area contributed by atoms with Crippen LogP contribution < -0.4 is 5.56 Å². The number of hydrogen-bond donors (Lipinski definition) is 1. The van der Waals surface area contributed by atoms with Gasteiger partial charge in [-0.1, -0.05) is 6.07 Å². The highest BCUT2D eigenvalue weighted by Gasteiger charge is 2.24. The molecule has 1 aromatic heterocycles. The fourth-order valence-electron chi connectivity index (χ4n) is 3.76. The van der Waals surface area contributed by atoms with Gasteiger partial charge in [0.1, 0.15) is 0 Å². The van der Waals surface area contributed by atoms with Crippen molar-refractivity contribution in [3.8, 4) is 0 Å². The fourth-order valence-corrected chi connectivity index (χ4v) is 3.76. The number of nitrogens with one attached hydrogen (secondary N) is 1. The summed E-state index contributed by atoms with van der Waals surface area (Å²) < 4.78 is 27.3. The van der Waals surface area contributed by atoms with Gasteiger partial charge in [-0.2, -0.15) is 5.10 Å². The van der Waals surface area contributed by atoms with Gasteiger partial charge in [0.25, 0.3) is 11.5 Å². The van der Waals surface area contributed by atoms with Gasteiger partial charge in [-0.3, -0.25) is 9.59 Å². The van der Waals surface area contributed by atoms with Crippen LogP contribution >= 0.6 is 0 Å². The Morgan fingerprint density at radius 1 is 1.11 bits per heavy atom. The standard InChI is InChI=1S/C21H19F2N3O2/c1-11(19-15-9-17(22)18(23)10-16(15)20(27)25-24-19)26(2)21(28)14-7-6-12-4-3-5-13(12)8-14/h6-11H,3-5H2,1-2H3,(H,25,27)/t11-/m0/s1. The number of aryl methyl sites for hydroxylation is 2. The molecule has 0 saturated carbocycles. The summed E-state index contributed by atoms with van der Waals surface area (Å²) >= 11 is 0. The van der Waals surface area contributed by atoms with Crippen molar-refractivity contribution < 1.29 is 13.6 Å². The van der Waals surface area contributed by atoms with Crippen LogP contribution in [0.15, 0.2) is 35.1 Å². The lowest BCUT2D eigenvalue weighted by atomic mass is 10.0. The van der Waals surface area contributed by atoms with Gasteiger partial charge in [-0.05, 0) is 61.6 Å². The summed E-state index contributed by atoms with van der Waals surface area (Å²) in [6, 6.07) is 6.95. The van der Waals surface area contributed by atoms with Gasteiger partial charge in [0.05, 0.1) is 17.1 Å². The molecule has 144 valence electrons. The van der Waals surface area contributed by atoms with Crippen molar-refractivity contribution in [2.24, 2.45) is 0 Å². The molecule has 1 heterocycles. The Balaban J connectivity index is 1.72. The number of benzene rings is 2. The lowest BCUT2D eigenvalue weighted by Gasteiger charge is -2.25. The number of rotatable bonds is 3. The quantitative estimate of drug-likeness (QED) is 0.753. The molecule has 0 unspecified atom stereocenters. The first kappa shape index (κ1) is 18.3. The number of H-pyrrole nitrogens is 1. The van der Waals surface area contributed by atoms with E-state index in [0.717, 1.165) is 31.4 Å². The summed E-state index contributed by atoms with van der Waals surface area (Å²) in [7, 11) is 1.62. The molecule has 1 aliphatic rings. The second kappa shape index (κ2) is 6.82. The molecule has 0 saturated heterocycles. The molecule has 0 fully saturated rings. The van der Waals surface area contributed by atoms with Gasteiger partial charge in [-0.15, -0.1) is 0 Å². The van der Waals surface area contributed by atoms with Crippen LogP contribution in [-0.2, 0) is 12.8 Å². The number of amides is 1. The SMILES string of the molecule is C[C@@H](c1n[nH]c(=O)c2cc(F)c(F)cc12)N(C)C(=O)c1ccc2c(c1)CCC2. The zero-order valence-corrected chi connectivity index (χ0v) is 15.6. The number of carbonyl (C=O) groups excluding carboxylic acids is 1. The second-order valence-corrected chi connectivity index (χ2v) is 7.18. The Hall–Kier alpha value is -3.09. The van der Waals surface area contributed by atoms with E-state index < -0.39 is 23.2 Å². The third-order valence-corrected chi connectivity index (χ3v) is 5.50. The summed E-state index contributed by atoms with van der Waals surface area (Å²) in [5, 5.41) is 6.50. The highest BCUT2D eigenvalue weighted by atomic mass is 19.2. The molecular weight excluding hydrogens is 364 g/mol. The van der Waals surface area contributed by atoms with Crippen LogP contribution in [0, 0.1) is 11.6 Å². The number of fused-ring (bicyclic) bond motifs is 2. The molecule has 1 atom stereocenters. The first-order valence-electron chi connectivity index (χ1n) is 9.13. The van der Waals surface area contributed by atoms with Gasteiger partial charge in [0, 0.05) is 18.0 Å². The van der Waals surface area contributed by atoms with Gasteiger partial charge in [0.15, 0.2) is 11.6 Å². The summed E-state index contributed by atoms with van der Waals surface area (Å²) in [4.78, 5) is 26.4. The lowest BCUT2D eigenvalue weighted by molar-refractivity contribution is 0.0740. The summed E-state index contributed by atoms with van der Waals surface area (Å²) in [6.07, 6.45) is 3.09. The van der Waals surface area contributed by atoms with Crippen molar-refractivity contribution in [1.82, 2.24) is 15.1 Å². The van der Waals surface area contributed by atoms with E-state index in [2.05, 4.69) is 10.2 Å². The van der Waals surface area contributed by atoms with Gasteiger partial charge < -0.3 is 4.90 Å². The van der Waals surface area contributed by atoms with E-state index in [1.165, 1.54) is 16.0 Å². The predicted molar refractivity (Wildman–Crippen MR) is 101 cm³/mol. The van der Waals surface area contributed by atoms with Gasteiger partial charge >= 0.3 is 0 Å². The second-order valence-electron chi connectivity index (χ2n) is 7.18. The molecule has 28 heavy (non-hydrogen) atoms. The van der Waals surface area contributed by atoms with Crippen LogP contribution in [0.5, 0.6) is 0 Å². The number of nitrogens with zero attached hydrogens (tertiary/aromatic N) is 2. The molecule has 1 aliphatic carbocycles. The number of carbonyl (C=O) groups is 1. The summed E-state index contributed by atoms with van der Waals surface area (Å²) in [6.45, 7) is 1.73. The minimum Gasteiger partial charge on any atom is -0.333 e. The van der Waals surface area contributed by atoms with Crippen LogP contribution in [0.1, 0.15) is 46.6 Å². The van der Waals surface area contributed by atoms with Crippen LogP contribution in [0.3, 0.4) is 0 Å². The van der Waals surface area contributed by atoms with Crippen molar-refractivity contribution in [2.45, 2.75) is 32.2 Å². The molecule has 3 aromatic rings. The van der Waals surface area contributed by atoms with E-state index in [1.54, 1.807) is 14.0 Å². The Morgan fingerprint density at radius 3 is 2.54 bits per heavy atom. The molecule has 1 amide bonds. The highest BCUT2D eigenvalue weighted by Crippen LogP contribution is 2.28. The van der Waals surface area contributed by atoms with E-state index in [9.17, 15) is 18.4 Å². The molecular formula is C21H19F2N3O2. The molecule has 0 bridgehead atoms. The zero-order valence-electron chi connectivity index (χ0n) is 15.6. The minimum atomic E-state index is -1.11. The number of aromatic amines is 1. The largest absolute Gasteiger partial charge is 0.333 e. The van der Waals surface area contributed by atoms with E-state index in [-0.39, 0.29) is 16.7 Å². The zero-order chi connectivity index (χ0) is 20.0. The Kier molecular flexibility index (Phi) is 4.45. The minimum absolute atomic E-state index is 0.00544. The maximum Gasteiger partial charge on any atom is 0.272 e. The maximum atomic E-state index is 13.8. The number of halogens is 2. The molecule has 4 rings (SSSR count). The Morgan fingerprint density at radius 2 is 1.79 bits per heavy atom. The monoisotopic (exact) mass is 383 g/mol. The van der Waals surface area contributed by atoms with Gasteiger partial charge in [0.2, 0.25) is 0 Å². The topological polar surface area (TPSA) is 66.1 Å². The van der Waals surface area contributed by atoms with Crippen molar-refractivity contribution in [2.75, 3.05) is 7.05 Å². The highest BCUT2D eigenvalue weighted by molar-refractivity contribution is 5.95. The average Bonchev–Trinajstić information content (AvgIpc) is 3.16. The number of aromatic nitrogens is 2. The van der Waals surface area contributed by atoms with Crippen molar-refractivity contribution in [3.05, 3.63) is 74.7 Å².